The number of carbonyl (C=O) groups excluding carboxylic acids is 2. The first kappa shape index (κ1) is 32.6. The van der Waals surface area contributed by atoms with Crippen LogP contribution in [0.4, 0.5) is 4.79 Å². The molecule has 1 aliphatic heterocycles. The Labute approximate surface area is 261 Å². The van der Waals surface area contributed by atoms with E-state index >= 15 is 0 Å². The average molecular weight is 639 g/mol. The van der Waals surface area contributed by atoms with E-state index in [0.717, 1.165) is 43.6 Å². The van der Waals surface area contributed by atoms with Gasteiger partial charge in [0, 0.05) is 24.7 Å². The molecule has 0 amide bonds. The van der Waals surface area contributed by atoms with Crippen molar-refractivity contribution in [2.75, 3.05) is 26.1 Å². The standard InChI is InChI=1S/C33H39N2O9P/c1-20(31(39)44-33(41)42-19-25-23-11-7-5-9-21(23)22-10-6-8-12-24(22)25)13-16-34-27(36)14-17-35(32(34)40)30-29(38)28(37)26(43-30)15-18-45(2,3)4/h5-12,14,17,20,25-26,28-30,37-38H,2,13,15-16,18-19H2,1,3-4H3/t20?,26-,28-,29-,30?/m1/s1. The van der Waals surface area contributed by atoms with Gasteiger partial charge in [0.25, 0.3) is 5.56 Å². The Bertz CT molecular complexity index is 1700. The summed E-state index contributed by atoms with van der Waals surface area (Å²) in [7, 11) is 0. The number of ether oxygens (including phenoxy) is 3. The lowest BCUT2D eigenvalue weighted by molar-refractivity contribution is -0.144. The van der Waals surface area contributed by atoms with Crippen molar-refractivity contribution < 1.29 is 34.0 Å². The summed E-state index contributed by atoms with van der Waals surface area (Å²) in [6.45, 7) is 4.05. The molecule has 2 aliphatic rings. The molecule has 12 heteroatoms. The summed E-state index contributed by atoms with van der Waals surface area (Å²) in [5.74, 6) is -1.90. The van der Waals surface area contributed by atoms with Gasteiger partial charge in [-0.1, -0.05) is 55.5 Å². The third-order valence-corrected chi connectivity index (χ3v) is 9.90. The number of fused-ring (bicyclic) bond motifs is 3. The molecular weight excluding hydrogens is 599 g/mol. The summed E-state index contributed by atoms with van der Waals surface area (Å²) in [4.78, 5) is 51.0. The number of hydrogen-bond donors (Lipinski definition) is 2. The highest BCUT2D eigenvalue weighted by atomic mass is 31.2. The molecule has 0 bridgehead atoms. The largest absolute Gasteiger partial charge is 0.516 e. The van der Waals surface area contributed by atoms with E-state index in [-0.39, 0.29) is 25.5 Å². The first-order valence-corrected chi connectivity index (χ1v) is 18.0. The maximum absolute atomic E-state index is 13.3. The SMILES string of the molecule is C=P(C)(C)CC[C@H]1OC(n2ccc(=O)n(CCC(C)C(=O)OC(=O)OCC3c4ccccc4-c4ccccc43)c2=O)[C@H](O)[C@@H]1O. The quantitative estimate of drug-likeness (QED) is 0.194. The minimum Gasteiger partial charge on any atom is -0.433 e. The van der Waals surface area contributed by atoms with Crippen LogP contribution >= 0.6 is 6.89 Å². The number of aromatic nitrogens is 2. The highest BCUT2D eigenvalue weighted by Crippen LogP contribution is 2.44. The molecule has 1 aliphatic carbocycles. The monoisotopic (exact) mass is 638 g/mol. The predicted molar refractivity (Wildman–Crippen MR) is 171 cm³/mol. The molecule has 240 valence electrons. The van der Waals surface area contributed by atoms with Crippen LogP contribution in [0.5, 0.6) is 0 Å². The third-order valence-electron chi connectivity index (χ3n) is 8.43. The van der Waals surface area contributed by atoms with Gasteiger partial charge in [-0.25, -0.2) is 9.59 Å². The lowest BCUT2D eigenvalue weighted by atomic mass is 9.98. The van der Waals surface area contributed by atoms with Gasteiger partial charge in [-0.15, -0.1) is 13.2 Å². The first-order valence-electron chi connectivity index (χ1n) is 14.9. The molecule has 3 aromatic rings. The molecular formula is C33H39N2O9P. The average Bonchev–Trinajstić information content (AvgIpc) is 3.47. The van der Waals surface area contributed by atoms with Crippen LogP contribution in [0, 0.1) is 5.92 Å². The smallest absolute Gasteiger partial charge is 0.433 e. The lowest BCUT2D eigenvalue weighted by Crippen LogP contribution is -2.43. The maximum atomic E-state index is 13.3. The second-order valence-electron chi connectivity index (χ2n) is 12.4. The Morgan fingerprint density at radius 1 is 1.00 bits per heavy atom. The van der Waals surface area contributed by atoms with Gasteiger partial charge in [0.15, 0.2) is 6.23 Å². The second-order valence-corrected chi connectivity index (χ2v) is 16.7. The van der Waals surface area contributed by atoms with Crippen LogP contribution in [0.25, 0.3) is 11.1 Å². The van der Waals surface area contributed by atoms with Crippen LogP contribution in [-0.4, -0.2) is 82.2 Å². The highest BCUT2D eigenvalue weighted by molar-refractivity contribution is 7.72. The number of aliphatic hydroxyl groups excluding tert-OH is 2. The number of aliphatic hydroxyl groups is 2. The van der Waals surface area contributed by atoms with Crippen LogP contribution in [0.1, 0.15) is 43.0 Å². The van der Waals surface area contributed by atoms with E-state index in [9.17, 15) is 29.4 Å². The summed E-state index contributed by atoms with van der Waals surface area (Å²) in [6, 6.07) is 16.9. The molecule has 0 spiro atoms. The van der Waals surface area contributed by atoms with Gasteiger partial charge in [-0.2, -0.15) is 0 Å². The minimum absolute atomic E-state index is 0.00718. The summed E-state index contributed by atoms with van der Waals surface area (Å²) >= 11 is 0. The van der Waals surface area contributed by atoms with Crippen molar-refractivity contribution in [3.63, 3.8) is 0 Å². The normalized spacial score (nSPS) is 21.6. The Kier molecular flexibility index (Phi) is 9.65. The van der Waals surface area contributed by atoms with Gasteiger partial charge in [0.05, 0.1) is 12.0 Å². The third kappa shape index (κ3) is 7.07. The summed E-state index contributed by atoms with van der Waals surface area (Å²) in [5, 5.41) is 21.2. The summed E-state index contributed by atoms with van der Waals surface area (Å²) in [5.41, 5.74) is 2.81. The lowest BCUT2D eigenvalue weighted by Gasteiger charge is -2.20. The number of rotatable bonds is 10. The van der Waals surface area contributed by atoms with Gasteiger partial charge < -0.3 is 24.4 Å². The van der Waals surface area contributed by atoms with Gasteiger partial charge >= 0.3 is 17.8 Å². The van der Waals surface area contributed by atoms with Crippen LogP contribution < -0.4 is 11.2 Å². The Morgan fingerprint density at radius 2 is 1.62 bits per heavy atom. The number of hydrogen-bond acceptors (Lipinski definition) is 9. The molecule has 0 saturated carbocycles. The van der Waals surface area contributed by atoms with E-state index in [4.69, 9.17) is 14.2 Å². The molecule has 1 saturated heterocycles. The van der Waals surface area contributed by atoms with E-state index in [1.807, 2.05) is 48.5 Å². The highest BCUT2D eigenvalue weighted by Gasteiger charge is 2.44. The molecule has 2 heterocycles. The fourth-order valence-corrected chi connectivity index (χ4v) is 6.80. The van der Waals surface area contributed by atoms with Crippen molar-refractivity contribution in [1.29, 1.82) is 0 Å². The van der Waals surface area contributed by atoms with Crippen molar-refractivity contribution >= 4 is 25.3 Å². The molecule has 11 nitrogen and oxygen atoms in total. The zero-order valence-electron chi connectivity index (χ0n) is 25.6. The van der Waals surface area contributed by atoms with E-state index in [1.54, 1.807) is 0 Å². The van der Waals surface area contributed by atoms with E-state index < -0.39 is 60.7 Å². The molecule has 5 atom stereocenters. The molecule has 45 heavy (non-hydrogen) atoms. The molecule has 2 N–H and O–H groups in total. The van der Waals surface area contributed by atoms with Crippen LogP contribution in [0.3, 0.4) is 0 Å². The predicted octanol–water partition coefficient (Wildman–Crippen LogP) is 3.25. The molecule has 2 aromatic carbocycles. The first-order chi connectivity index (χ1) is 21.4. The zero-order valence-corrected chi connectivity index (χ0v) is 26.5. The van der Waals surface area contributed by atoms with Crippen LogP contribution in [0.15, 0.2) is 70.4 Å². The zero-order chi connectivity index (χ0) is 32.5. The van der Waals surface area contributed by atoms with E-state index in [0.29, 0.717) is 6.42 Å². The van der Waals surface area contributed by atoms with Crippen molar-refractivity contribution in [3.8, 4) is 11.1 Å². The maximum Gasteiger partial charge on any atom is 0.516 e. The Balaban J connectivity index is 1.17. The number of esters is 1. The fraction of sp³-hybridized carbons (Fsp3) is 0.424. The minimum atomic E-state index is -1.40. The summed E-state index contributed by atoms with van der Waals surface area (Å²) in [6.07, 6.45) is 0.988. The second kappa shape index (κ2) is 13.3. The molecule has 0 radical (unpaired) electrons. The van der Waals surface area contributed by atoms with E-state index in [2.05, 4.69) is 19.6 Å². The van der Waals surface area contributed by atoms with Gasteiger partial charge in [-0.3, -0.25) is 18.7 Å². The van der Waals surface area contributed by atoms with Gasteiger partial charge in [-0.05, 0) is 54.6 Å². The molecule has 5 rings (SSSR count). The Morgan fingerprint density at radius 3 is 2.24 bits per heavy atom. The molecule has 2 unspecified atom stereocenters. The fourth-order valence-electron chi connectivity index (χ4n) is 5.85. The van der Waals surface area contributed by atoms with E-state index in [1.165, 1.54) is 13.1 Å². The molecule has 1 fully saturated rings. The van der Waals surface area contributed by atoms with Crippen molar-refractivity contribution in [2.24, 2.45) is 5.92 Å². The summed E-state index contributed by atoms with van der Waals surface area (Å²) < 4.78 is 18.1. The number of benzene rings is 2. The van der Waals surface area contributed by atoms with Crippen LogP contribution in [0.2, 0.25) is 0 Å². The Hall–Kier alpha value is -3.76. The number of carbonyl (C=O) groups is 2. The van der Waals surface area contributed by atoms with Crippen molar-refractivity contribution in [1.82, 2.24) is 9.13 Å². The number of nitrogens with zero attached hydrogens (tertiary/aromatic N) is 2. The topological polar surface area (TPSA) is 146 Å². The van der Waals surface area contributed by atoms with Crippen LogP contribution in [-0.2, 0) is 25.5 Å². The van der Waals surface area contributed by atoms with Crippen molar-refractivity contribution in [2.45, 2.75) is 56.8 Å². The van der Waals surface area contributed by atoms with Gasteiger partial charge in [0.2, 0.25) is 0 Å². The van der Waals surface area contributed by atoms with Crippen molar-refractivity contribution in [3.05, 3.63) is 92.8 Å². The van der Waals surface area contributed by atoms with Gasteiger partial charge in [0.1, 0.15) is 18.8 Å². The molecule has 1 aromatic heterocycles.